The van der Waals surface area contributed by atoms with Crippen molar-refractivity contribution >= 4 is 23.3 Å². The molecule has 0 aliphatic carbocycles. The van der Waals surface area contributed by atoms with Crippen molar-refractivity contribution in [2.45, 2.75) is 19.3 Å². The zero-order chi connectivity index (χ0) is 12.7. The topological polar surface area (TPSA) is 72.6 Å². The Hall–Kier alpha value is -1.26. The minimum absolute atomic E-state index is 0.162. The number of esters is 1. The second-order valence-electron chi connectivity index (χ2n) is 3.65. The molecular formula is C12H16ClNO3. The first kappa shape index (κ1) is 13.8. The maximum atomic E-state index is 11.6. The number of benzene rings is 1. The van der Waals surface area contributed by atoms with E-state index in [1.165, 1.54) is 6.07 Å². The Kier molecular flexibility index (Phi) is 5.80. The zero-order valence-electron chi connectivity index (χ0n) is 9.49. The highest BCUT2D eigenvalue weighted by atomic mass is 35.5. The maximum Gasteiger partial charge on any atom is 0.340 e. The van der Waals surface area contributed by atoms with Crippen LogP contribution in [0.5, 0.6) is 0 Å². The van der Waals surface area contributed by atoms with Crippen LogP contribution in [-0.4, -0.2) is 24.3 Å². The van der Waals surface area contributed by atoms with E-state index in [4.69, 9.17) is 27.2 Å². The molecule has 1 aromatic carbocycles. The third-order valence-electron chi connectivity index (χ3n) is 2.27. The molecule has 0 aromatic heterocycles. The van der Waals surface area contributed by atoms with Crippen molar-refractivity contribution in [3.8, 4) is 0 Å². The van der Waals surface area contributed by atoms with Crippen LogP contribution in [0, 0.1) is 0 Å². The molecule has 17 heavy (non-hydrogen) atoms. The molecule has 5 heteroatoms. The van der Waals surface area contributed by atoms with Gasteiger partial charge < -0.3 is 15.6 Å². The normalized spacial score (nSPS) is 10.2. The lowest BCUT2D eigenvalue weighted by Crippen LogP contribution is -2.09. The summed E-state index contributed by atoms with van der Waals surface area (Å²) in [7, 11) is 0. The molecule has 0 amide bonds. The summed E-state index contributed by atoms with van der Waals surface area (Å²) in [5.74, 6) is -0.464. The molecular weight excluding hydrogens is 242 g/mol. The van der Waals surface area contributed by atoms with Crippen molar-refractivity contribution in [2.75, 3.05) is 18.9 Å². The summed E-state index contributed by atoms with van der Waals surface area (Å²) >= 11 is 5.77. The fourth-order valence-corrected chi connectivity index (χ4v) is 1.51. The predicted octanol–water partition coefficient (Wildman–Crippen LogP) is 2.24. The van der Waals surface area contributed by atoms with Crippen LogP contribution in [0.15, 0.2) is 18.2 Å². The van der Waals surface area contributed by atoms with Gasteiger partial charge in [0.15, 0.2) is 0 Å². The van der Waals surface area contributed by atoms with E-state index in [9.17, 15) is 4.79 Å². The first-order valence-corrected chi connectivity index (χ1v) is 5.86. The average molecular weight is 258 g/mol. The smallest absolute Gasteiger partial charge is 0.340 e. The summed E-state index contributed by atoms with van der Waals surface area (Å²) in [6, 6.07) is 4.69. The molecule has 1 aromatic rings. The standard InChI is InChI=1S/C12H16ClNO3/c13-9-4-5-11(14)10(8-9)12(16)17-7-3-1-2-6-15/h4-5,8,15H,1-3,6-7,14H2. The lowest BCUT2D eigenvalue weighted by atomic mass is 10.2. The third-order valence-corrected chi connectivity index (χ3v) is 2.51. The molecule has 0 spiro atoms. The summed E-state index contributed by atoms with van der Waals surface area (Å²) in [6.07, 6.45) is 2.28. The molecule has 4 nitrogen and oxygen atoms in total. The van der Waals surface area contributed by atoms with E-state index in [2.05, 4.69) is 0 Å². The predicted molar refractivity (Wildman–Crippen MR) is 67.1 cm³/mol. The van der Waals surface area contributed by atoms with Crippen molar-refractivity contribution in [2.24, 2.45) is 0 Å². The van der Waals surface area contributed by atoms with E-state index >= 15 is 0 Å². The summed E-state index contributed by atoms with van der Waals surface area (Å²) in [5, 5.41) is 9.03. The van der Waals surface area contributed by atoms with Crippen LogP contribution in [0.1, 0.15) is 29.6 Å². The minimum atomic E-state index is -0.464. The zero-order valence-corrected chi connectivity index (χ0v) is 10.2. The quantitative estimate of drug-likeness (QED) is 0.466. The summed E-state index contributed by atoms with van der Waals surface area (Å²) in [6.45, 7) is 0.486. The first-order valence-electron chi connectivity index (χ1n) is 5.48. The number of ether oxygens (including phenoxy) is 1. The van der Waals surface area contributed by atoms with Gasteiger partial charge in [0.2, 0.25) is 0 Å². The largest absolute Gasteiger partial charge is 0.462 e. The van der Waals surface area contributed by atoms with Gasteiger partial charge in [0, 0.05) is 17.3 Å². The fraction of sp³-hybridized carbons (Fsp3) is 0.417. The second kappa shape index (κ2) is 7.14. The molecule has 94 valence electrons. The molecule has 0 atom stereocenters. The molecule has 0 aliphatic heterocycles. The highest BCUT2D eigenvalue weighted by Gasteiger charge is 2.11. The lowest BCUT2D eigenvalue weighted by Gasteiger charge is -2.07. The van der Waals surface area contributed by atoms with E-state index in [1.54, 1.807) is 12.1 Å². The van der Waals surface area contributed by atoms with Gasteiger partial charge in [-0.3, -0.25) is 0 Å². The molecule has 0 heterocycles. The van der Waals surface area contributed by atoms with Crippen LogP contribution in [0.4, 0.5) is 5.69 Å². The van der Waals surface area contributed by atoms with Crippen LogP contribution >= 0.6 is 11.6 Å². The molecule has 1 rings (SSSR count). The van der Waals surface area contributed by atoms with Crippen molar-refractivity contribution in [1.82, 2.24) is 0 Å². The molecule has 0 saturated heterocycles. The van der Waals surface area contributed by atoms with Gasteiger partial charge in [-0.15, -0.1) is 0 Å². The Balaban J connectivity index is 2.44. The van der Waals surface area contributed by atoms with E-state index in [-0.39, 0.29) is 6.61 Å². The number of nitrogen functional groups attached to an aromatic ring is 1. The van der Waals surface area contributed by atoms with Crippen LogP contribution in [0.2, 0.25) is 5.02 Å². The highest BCUT2D eigenvalue weighted by molar-refractivity contribution is 6.31. The Morgan fingerprint density at radius 2 is 2.12 bits per heavy atom. The Morgan fingerprint density at radius 1 is 1.35 bits per heavy atom. The van der Waals surface area contributed by atoms with E-state index < -0.39 is 5.97 Å². The van der Waals surface area contributed by atoms with Crippen molar-refractivity contribution in [3.05, 3.63) is 28.8 Å². The molecule has 0 saturated carbocycles. The Morgan fingerprint density at radius 3 is 2.82 bits per heavy atom. The Bertz CT molecular complexity index is 382. The van der Waals surface area contributed by atoms with Crippen LogP contribution in [0.3, 0.4) is 0 Å². The van der Waals surface area contributed by atoms with Gasteiger partial charge in [0.1, 0.15) is 0 Å². The highest BCUT2D eigenvalue weighted by Crippen LogP contribution is 2.18. The minimum Gasteiger partial charge on any atom is -0.462 e. The molecule has 0 unspecified atom stereocenters. The number of aliphatic hydroxyl groups excluding tert-OH is 1. The Labute approximate surface area is 105 Å². The van der Waals surface area contributed by atoms with E-state index in [1.807, 2.05) is 0 Å². The number of aliphatic hydroxyl groups is 1. The van der Waals surface area contributed by atoms with Crippen LogP contribution in [-0.2, 0) is 4.74 Å². The van der Waals surface area contributed by atoms with Gasteiger partial charge in [-0.05, 0) is 37.5 Å². The first-order chi connectivity index (χ1) is 8.15. The molecule has 0 fully saturated rings. The van der Waals surface area contributed by atoms with Crippen molar-refractivity contribution in [1.29, 1.82) is 0 Å². The number of nitrogens with two attached hydrogens (primary N) is 1. The van der Waals surface area contributed by atoms with E-state index in [0.717, 1.165) is 19.3 Å². The van der Waals surface area contributed by atoms with Gasteiger partial charge >= 0.3 is 5.97 Å². The van der Waals surface area contributed by atoms with Gasteiger partial charge in [-0.2, -0.15) is 0 Å². The van der Waals surface area contributed by atoms with Gasteiger partial charge in [-0.25, -0.2) is 4.79 Å². The SMILES string of the molecule is Nc1ccc(Cl)cc1C(=O)OCCCCCO. The van der Waals surface area contributed by atoms with Gasteiger partial charge in [-0.1, -0.05) is 11.6 Å². The lowest BCUT2D eigenvalue weighted by molar-refractivity contribution is 0.0498. The maximum absolute atomic E-state index is 11.6. The van der Waals surface area contributed by atoms with Gasteiger partial charge in [0.25, 0.3) is 0 Å². The summed E-state index contributed by atoms with van der Waals surface area (Å²) in [4.78, 5) is 11.6. The van der Waals surface area contributed by atoms with Gasteiger partial charge in [0.05, 0.1) is 12.2 Å². The monoisotopic (exact) mass is 257 g/mol. The molecule has 0 bridgehead atoms. The third kappa shape index (κ3) is 4.63. The van der Waals surface area contributed by atoms with E-state index in [0.29, 0.717) is 22.9 Å². The molecule has 0 radical (unpaired) electrons. The number of carbonyl (C=O) groups is 1. The molecule has 3 N–H and O–H groups in total. The van der Waals surface area contributed by atoms with Crippen LogP contribution < -0.4 is 5.73 Å². The number of carbonyl (C=O) groups excluding carboxylic acids is 1. The summed E-state index contributed by atoms with van der Waals surface area (Å²) in [5.41, 5.74) is 6.30. The summed E-state index contributed by atoms with van der Waals surface area (Å²) < 4.78 is 5.05. The number of rotatable bonds is 6. The number of hydrogen-bond donors (Lipinski definition) is 2. The molecule has 0 aliphatic rings. The number of hydrogen-bond acceptors (Lipinski definition) is 4. The van der Waals surface area contributed by atoms with Crippen molar-refractivity contribution in [3.63, 3.8) is 0 Å². The second-order valence-corrected chi connectivity index (χ2v) is 4.09. The number of halogens is 1. The van der Waals surface area contributed by atoms with Crippen LogP contribution in [0.25, 0.3) is 0 Å². The number of unbranched alkanes of at least 4 members (excludes halogenated alkanes) is 2. The fourth-order valence-electron chi connectivity index (χ4n) is 1.34. The average Bonchev–Trinajstić information content (AvgIpc) is 2.32. The van der Waals surface area contributed by atoms with Crippen molar-refractivity contribution < 1.29 is 14.6 Å². The number of anilines is 1.